The van der Waals surface area contributed by atoms with Crippen molar-refractivity contribution in [3.63, 3.8) is 0 Å². The van der Waals surface area contributed by atoms with Crippen molar-refractivity contribution in [2.45, 2.75) is 39.7 Å². The van der Waals surface area contributed by atoms with Gasteiger partial charge in [-0.1, -0.05) is 12.5 Å². The lowest BCUT2D eigenvalue weighted by molar-refractivity contribution is -0.149. The van der Waals surface area contributed by atoms with E-state index in [9.17, 15) is 14.7 Å². The number of aryl methyl sites for hydroxylation is 2. The van der Waals surface area contributed by atoms with Crippen molar-refractivity contribution in [1.29, 1.82) is 0 Å². The van der Waals surface area contributed by atoms with Crippen LogP contribution >= 0.6 is 0 Å². The van der Waals surface area contributed by atoms with E-state index in [0.717, 1.165) is 35.3 Å². The van der Waals surface area contributed by atoms with Gasteiger partial charge in [0.2, 0.25) is 0 Å². The van der Waals surface area contributed by atoms with Crippen molar-refractivity contribution in [2.24, 2.45) is 11.3 Å². The normalized spacial score (nSPS) is 23.1. The molecular weight excluding hydrogens is 368 g/mol. The maximum atomic E-state index is 13.1. The van der Waals surface area contributed by atoms with E-state index in [-0.39, 0.29) is 11.8 Å². The van der Waals surface area contributed by atoms with Gasteiger partial charge in [-0.25, -0.2) is 0 Å². The van der Waals surface area contributed by atoms with E-state index in [0.29, 0.717) is 31.7 Å². The molecule has 1 saturated heterocycles. The Labute approximate surface area is 170 Å². The number of pyridine rings is 1. The summed E-state index contributed by atoms with van der Waals surface area (Å²) in [6, 6.07) is 7.51. The van der Waals surface area contributed by atoms with Crippen LogP contribution in [0.3, 0.4) is 0 Å². The van der Waals surface area contributed by atoms with Crippen molar-refractivity contribution >= 4 is 11.9 Å². The summed E-state index contributed by atoms with van der Waals surface area (Å²) in [5, 5.41) is 9.76. The lowest BCUT2D eigenvalue weighted by atomic mass is 9.81. The molecule has 1 saturated carbocycles. The van der Waals surface area contributed by atoms with E-state index >= 15 is 0 Å². The molecule has 2 atom stereocenters. The number of carboxylic acids is 1. The van der Waals surface area contributed by atoms with Crippen LogP contribution in [0, 0.1) is 25.2 Å². The van der Waals surface area contributed by atoms with Crippen molar-refractivity contribution in [2.75, 3.05) is 13.1 Å². The van der Waals surface area contributed by atoms with Crippen LogP contribution < -0.4 is 4.74 Å². The SMILES string of the molecule is Cc1cc(C(=O)N2C[C@@H]3CCC[C@@]3(C(=O)O)C2)cc(C)c1OCc1cccnc1. The molecule has 1 aliphatic heterocycles. The monoisotopic (exact) mass is 394 g/mol. The van der Waals surface area contributed by atoms with Crippen LogP contribution in [-0.4, -0.2) is 40.0 Å². The van der Waals surface area contributed by atoms with E-state index < -0.39 is 11.4 Å². The Balaban J connectivity index is 1.51. The van der Waals surface area contributed by atoms with Crippen LogP contribution in [0.15, 0.2) is 36.7 Å². The third kappa shape index (κ3) is 3.48. The fraction of sp³-hybridized carbons (Fsp3) is 0.435. The Hall–Kier alpha value is -2.89. The van der Waals surface area contributed by atoms with Gasteiger partial charge in [-0.3, -0.25) is 14.6 Å². The number of fused-ring (bicyclic) bond motifs is 1. The second-order valence-corrected chi connectivity index (χ2v) is 8.33. The van der Waals surface area contributed by atoms with E-state index in [1.54, 1.807) is 17.3 Å². The zero-order valence-electron chi connectivity index (χ0n) is 16.9. The van der Waals surface area contributed by atoms with Crippen molar-refractivity contribution in [1.82, 2.24) is 9.88 Å². The average Bonchev–Trinajstić information content (AvgIpc) is 3.26. The molecule has 1 N–H and O–H groups in total. The predicted octanol–water partition coefficient (Wildman–Crippen LogP) is 3.60. The average molecular weight is 394 g/mol. The largest absolute Gasteiger partial charge is 0.488 e. The maximum absolute atomic E-state index is 13.1. The molecule has 6 nitrogen and oxygen atoms in total. The highest BCUT2D eigenvalue weighted by Crippen LogP contribution is 2.49. The van der Waals surface area contributed by atoms with Crippen LogP contribution in [0.1, 0.15) is 46.3 Å². The van der Waals surface area contributed by atoms with Crippen LogP contribution in [0.2, 0.25) is 0 Å². The number of ether oxygens (including phenoxy) is 1. The van der Waals surface area contributed by atoms with E-state index in [2.05, 4.69) is 4.98 Å². The van der Waals surface area contributed by atoms with Gasteiger partial charge < -0.3 is 14.7 Å². The molecule has 0 spiro atoms. The maximum Gasteiger partial charge on any atom is 0.311 e. The third-order valence-electron chi connectivity index (χ3n) is 6.40. The van der Waals surface area contributed by atoms with Crippen LogP contribution in [0.5, 0.6) is 5.75 Å². The minimum absolute atomic E-state index is 0.0632. The number of benzene rings is 1. The number of carbonyl (C=O) groups is 2. The van der Waals surface area contributed by atoms with Crippen LogP contribution in [0.4, 0.5) is 0 Å². The Morgan fingerprint density at radius 3 is 2.69 bits per heavy atom. The molecule has 1 aromatic heterocycles. The highest BCUT2D eigenvalue weighted by molar-refractivity contribution is 5.96. The quantitative estimate of drug-likeness (QED) is 0.838. The zero-order valence-corrected chi connectivity index (χ0v) is 16.9. The smallest absolute Gasteiger partial charge is 0.311 e. The molecule has 1 amide bonds. The van der Waals surface area contributed by atoms with Gasteiger partial charge >= 0.3 is 5.97 Å². The Kier molecular flexibility index (Phi) is 5.03. The fourth-order valence-electron chi connectivity index (χ4n) is 4.92. The summed E-state index contributed by atoms with van der Waals surface area (Å²) in [4.78, 5) is 30.8. The van der Waals surface area contributed by atoms with E-state index in [1.165, 1.54) is 0 Å². The number of likely N-dealkylation sites (tertiary alicyclic amines) is 1. The van der Waals surface area contributed by atoms with Gasteiger partial charge in [-0.15, -0.1) is 0 Å². The summed E-state index contributed by atoms with van der Waals surface area (Å²) in [6.45, 7) is 5.11. The minimum atomic E-state index is -0.762. The molecule has 1 aliphatic carbocycles. The molecule has 152 valence electrons. The second kappa shape index (κ2) is 7.50. The Morgan fingerprint density at radius 2 is 2.07 bits per heavy atom. The fourth-order valence-corrected chi connectivity index (χ4v) is 4.92. The first-order valence-electron chi connectivity index (χ1n) is 10.1. The number of hydrogen-bond donors (Lipinski definition) is 1. The molecule has 0 unspecified atom stereocenters. The van der Waals surface area contributed by atoms with Gasteiger partial charge in [-0.05, 0) is 61.9 Å². The second-order valence-electron chi connectivity index (χ2n) is 8.33. The molecule has 2 fully saturated rings. The molecule has 0 radical (unpaired) electrons. The van der Waals surface area contributed by atoms with Gasteiger partial charge in [0, 0.05) is 36.6 Å². The molecule has 2 aromatic rings. The predicted molar refractivity (Wildman–Crippen MR) is 108 cm³/mol. The van der Waals surface area contributed by atoms with Crippen molar-refractivity contribution in [3.8, 4) is 5.75 Å². The summed E-state index contributed by atoms with van der Waals surface area (Å²) in [7, 11) is 0. The lowest BCUT2D eigenvalue weighted by Crippen LogP contribution is -2.37. The number of hydrogen-bond acceptors (Lipinski definition) is 4. The van der Waals surface area contributed by atoms with E-state index in [4.69, 9.17) is 4.74 Å². The highest BCUT2D eigenvalue weighted by atomic mass is 16.5. The van der Waals surface area contributed by atoms with Gasteiger partial charge in [-0.2, -0.15) is 0 Å². The molecule has 6 heteroatoms. The highest BCUT2D eigenvalue weighted by Gasteiger charge is 2.55. The Morgan fingerprint density at radius 1 is 1.31 bits per heavy atom. The summed E-state index contributed by atoms with van der Waals surface area (Å²) in [6.07, 6.45) is 5.97. The standard InChI is InChI=1S/C23H26N2O4/c1-15-9-18(10-16(2)20(15)29-13-17-5-4-8-24-11-17)21(26)25-12-19-6-3-7-23(19,14-25)22(27)28/h4-5,8-11,19H,3,6-7,12-14H2,1-2H3,(H,27,28)/t19-,23+/m0/s1. The van der Waals surface area contributed by atoms with Gasteiger partial charge in [0.05, 0.1) is 5.41 Å². The number of aliphatic carboxylic acids is 1. The van der Waals surface area contributed by atoms with Crippen molar-refractivity contribution < 1.29 is 19.4 Å². The number of carboxylic acid groups (broad SMARTS) is 1. The van der Waals surface area contributed by atoms with Gasteiger partial charge in [0.15, 0.2) is 0 Å². The number of rotatable bonds is 5. The van der Waals surface area contributed by atoms with Crippen molar-refractivity contribution in [3.05, 3.63) is 58.9 Å². The summed E-state index contributed by atoms with van der Waals surface area (Å²) in [5.74, 6) is -0.0224. The third-order valence-corrected chi connectivity index (χ3v) is 6.40. The molecule has 2 aliphatic rings. The number of carbonyl (C=O) groups excluding carboxylic acids is 1. The Bertz CT molecular complexity index is 920. The number of nitrogens with zero attached hydrogens (tertiary/aromatic N) is 2. The van der Waals surface area contributed by atoms with Gasteiger partial charge in [0.1, 0.15) is 12.4 Å². The summed E-state index contributed by atoms with van der Waals surface area (Å²) in [5.41, 5.74) is 2.60. The summed E-state index contributed by atoms with van der Waals surface area (Å²) >= 11 is 0. The van der Waals surface area contributed by atoms with Gasteiger partial charge in [0.25, 0.3) is 5.91 Å². The molecule has 0 bridgehead atoms. The summed E-state index contributed by atoms with van der Waals surface area (Å²) < 4.78 is 5.98. The molecule has 4 rings (SSSR count). The molecule has 29 heavy (non-hydrogen) atoms. The zero-order chi connectivity index (χ0) is 20.6. The lowest BCUT2D eigenvalue weighted by Gasteiger charge is -2.23. The molecular formula is C23H26N2O4. The van der Waals surface area contributed by atoms with Crippen LogP contribution in [0.25, 0.3) is 0 Å². The first kappa shape index (κ1) is 19.4. The number of amides is 1. The molecule has 1 aromatic carbocycles. The van der Waals surface area contributed by atoms with E-state index in [1.807, 2.05) is 38.1 Å². The first-order valence-corrected chi connectivity index (χ1v) is 10.1. The minimum Gasteiger partial charge on any atom is -0.488 e. The van der Waals surface area contributed by atoms with Crippen LogP contribution in [-0.2, 0) is 11.4 Å². The topological polar surface area (TPSA) is 79.7 Å². The number of aromatic nitrogens is 1. The first-order chi connectivity index (χ1) is 13.9. The molecule has 2 heterocycles.